The fourth-order valence-corrected chi connectivity index (χ4v) is 3.00. The van der Waals surface area contributed by atoms with Crippen LogP contribution in [0.1, 0.15) is 30.1 Å². The van der Waals surface area contributed by atoms with Crippen LogP contribution < -0.4 is 14.8 Å². The fourth-order valence-electron chi connectivity index (χ4n) is 3.00. The maximum atomic E-state index is 12.3. The number of fused-ring (bicyclic) bond motifs is 1. The molecule has 0 aromatic heterocycles. The van der Waals surface area contributed by atoms with Gasteiger partial charge in [0.25, 0.3) is 5.91 Å². The van der Waals surface area contributed by atoms with Gasteiger partial charge in [-0.2, -0.15) is 0 Å². The first-order chi connectivity index (χ1) is 11.3. The molecule has 0 atom stereocenters. The molecule has 0 unspecified atom stereocenters. The van der Waals surface area contributed by atoms with Crippen LogP contribution >= 0.6 is 0 Å². The molecular weight excluding hydrogens is 292 g/mol. The second-order valence-electron chi connectivity index (χ2n) is 6.09. The maximum Gasteiger partial charge on any atom is 0.251 e. The summed E-state index contributed by atoms with van der Waals surface area (Å²) in [5.41, 5.74) is 0.625. The van der Waals surface area contributed by atoms with Crippen LogP contribution in [0.15, 0.2) is 30.4 Å². The van der Waals surface area contributed by atoms with E-state index in [1.54, 1.807) is 18.2 Å². The molecular formula is C18H24N2O3. The molecule has 2 heterocycles. The van der Waals surface area contributed by atoms with Crippen molar-refractivity contribution in [2.45, 2.75) is 19.8 Å². The normalized spacial score (nSPS) is 18.5. The Labute approximate surface area is 137 Å². The van der Waals surface area contributed by atoms with Crippen LogP contribution in [-0.4, -0.2) is 43.8 Å². The molecule has 0 aliphatic carbocycles. The number of hydrogen-bond donors (Lipinski definition) is 1. The van der Waals surface area contributed by atoms with Crippen LogP contribution in [0.25, 0.3) is 0 Å². The van der Waals surface area contributed by atoms with Crippen molar-refractivity contribution in [3.05, 3.63) is 35.9 Å². The van der Waals surface area contributed by atoms with Crippen molar-refractivity contribution in [3.8, 4) is 11.5 Å². The SMILES string of the molecule is CC=CCN1CCC(CNC(=O)c2ccc3c(c2)OCO3)CC1. The van der Waals surface area contributed by atoms with Crippen molar-refractivity contribution in [1.82, 2.24) is 10.2 Å². The molecule has 0 bridgehead atoms. The molecule has 1 fully saturated rings. The van der Waals surface area contributed by atoms with Crippen LogP contribution in [0.2, 0.25) is 0 Å². The van der Waals surface area contributed by atoms with E-state index in [0.29, 0.717) is 23.0 Å². The summed E-state index contributed by atoms with van der Waals surface area (Å²) < 4.78 is 10.6. The number of carbonyl (C=O) groups excluding carboxylic acids is 1. The van der Waals surface area contributed by atoms with Crippen molar-refractivity contribution in [2.75, 3.05) is 33.0 Å². The summed E-state index contributed by atoms with van der Waals surface area (Å²) >= 11 is 0. The lowest BCUT2D eigenvalue weighted by Crippen LogP contribution is -2.38. The van der Waals surface area contributed by atoms with Crippen LogP contribution in [-0.2, 0) is 0 Å². The van der Waals surface area contributed by atoms with Crippen molar-refractivity contribution >= 4 is 5.91 Å². The molecule has 1 aromatic rings. The van der Waals surface area contributed by atoms with Gasteiger partial charge in [0.05, 0.1) is 0 Å². The van der Waals surface area contributed by atoms with Gasteiger partial charge in [0, 0.05) is 18.7 Å². The number of piperidine rings is 1. The number of carbonyl (C=O) groups is 1. The summed E-state index contributed by atoms with van der Waals surface area (Å²) in [5.74, 6) is 1.87. The Bertz CT molecular complexity index is 578. The zero-order chi connectivity index (χ0) is 16.1. The zero-order valence-corrected chi connectivity index (χ0v) is 13.6. The van der Waals surface area contributed by atoms with Crippen molar-refractivity contribution in [3.63, 3.8) is 0 Å². The third-order valence-electron chi connectivity index (χ3n) is 4.49. The highest BCUT2D eigenvalue weighted by Gasteiger charge is 2.20. The van der Waals surface area contributed by atoms with Gasteiger partial charge in [-0.1, -0.05) is 12.2 Å². The maximum absolute atomic E-state index is 12.3. The van der Waals surface area contributed by atoms with E-state index in [1.165, 1.54) is 0 Å². The van der Waals surface area contributed by atoms with E-state index in [9.17, 15) is 4.79 Å². The molecule has 1 amide bonds. The van der Waals surface area contributed by atoms with Gasteiger partial charge in [0.2, 0.25) is 6.79 Å². The predicted octanol–water partition coefficient (Wildman–Crippen LogP) is 2.43. The largest absolute Gasteiger partial charge is 0.454 e. The van der Waals surface area contributed by atoms with Gasteiger partial charge in [-0.25, -0.2) is 0 Å². The van der Waals surface area contributed by atoms with Gasteiger partial charge < -0.3 is 14.8 Å². The Morgan fingerprint density at radius 2 is 2.09 bits per heavy atom. The Kier molecular flexibility index (Phi) is 5.18. The van der Waals surface area contributed by atoms with E-state index in [2.05, 4.69) is 29.3 Å². The van der Waals surface area contributed by atoms with Crippen LogP contribution in [0.4, 0.5) is 0 Å². The molecule has 1 N–H and O–H groups in total. The van der Waals surface area contributed by atoms with Gasteiger partial charge in [0.1, 0.15) is 0 Å². The molecule has 23 heavy (non-hydrogen) atoms. The van der Waals surface area contributed by atoms with Gasteiger partial charge in [0.15, 0.2) is 11.5 Å². The number of allylic oxidation sites excluding steroid dienone is 1. The van der Waals surface area contributed by atoms with Crippen LogP contribution in [0, 0.1) is 5.92 Å². The van der Waals surface area contributed by atoms with E-state index < -0.39 is 0 Å². The first-order valence-electron chi connectivity index (χ1n) is 8.27. The zero-order valence-electron chi connectivity index (χ0n) is 13.6. The number of ether oxygens (including phenoxy) is 2. The second-order valence-corrected chi connectivity index (χ2v) is 6.09. The smallest absolute Gasteiger partial charge is 0.251 e. The molecule has 1 aromatic carbocycles. The number of amides is 1. The van der Waals surface area contributed by atoms with E-state index in [1.807, 2.05) is 0 Å². The molecule has 124 valence electrons. The van der Waals surface area contributed by atoms with E-state index in [-0.39, 0.29) is 12.7 Å². The summed E-state index contributed by atoms with van der Waals surface area (Å²) in [4.78, 5) is 14.7. The molecule has 2 aliphatic rings. The Balaban J connectivity index is 1.45. The van der Waals surface area contributed by atoms with Crippen molar-refractivity contribution in [1.29, 1.82) is 0 Å². The number of rotatable bonds is 5. The van der Waals surface area contributed by atoms with Gasteiger partial charge in [-0.3, -0.25) is 9.69 Å². The molecule has 0 radical (unpaired) electrons. The molecule has 3 rings (SSSR count). The number of hydrogen-bond acceptors (Lipinski definition) is 4. The Hall–Kier alpha value is -2.01. The molecule has 2 aliphatic heterocycles. The second kappa shape index (κ2) is 7.51. The predicted molar refractivity (Wildman–Crippen MR) is 88.9 cm³/mol. The van der Waals surface area contributed by atoms with Crippen LogP contribution in [0.3, 0.4) is 0 Å². The fraction of sp³-hybridized carbons (Fsp3) is 0.500. The lowest BCUT2D eigenvalue weighted by atomic mass is 9.96. The summed E-state index contributed by atoms with van der Waals surface area (Å²) in [6, 6.07) is 5.32. The first-order valence-corrected chi connectivity index (χ1v) is 8.27. The monoisotopic (exact) mass is 316 g/mol. The third-order valence-corrected chi connectivity index (χ3v) is 4.49. The van der Waals surface area contributed by atoms with Crippen molar-refractivity contribution in [2.24, 2.45) is 5.92 Å². The number of benzene rings is 1. The summed E-state index contributed by atoms with van der Waals surface area (Å²) in [7, 11) is 0. The average Bonchev–Trinajstić information content (AvgIpc) is 3.06. The summed E-state index contributed by atoms with van der Waals surface area (Å²) in [6.45, 7) is 6.27. The van der Waals surface area contributed by atoms with E-state index in [4.69, 9.17) is 9.47 Å². The molecule has 0 saturated carbocycles. The van der Waals surface area contributed by atoms with Crippen molar-refractivity contribution < 1.29 is 14.3 Å². The lowest BCUT2D eigenvalue weighted by Gasteiger charge is -2.31. The highest BCUT2D eigenvalue weighted by molar-refractivity contribution is 5.94. The first kappa shape index (κ1) is 15.9. The number of nitrogens with one attached hydrogen (secondary N) is 1. The topological polar surface area (TPSA) is 50.8 Å². The van der Waals surface area contributed by atoms with Crippen LogP contribution in [0.5, 0.6) is 11.5 Å². The van der Waals surface area contributed by atoms with E-state index in [0.717, 1.165) is 39.0 Å². The third kappa shape index (κ3) is 4.05. The Morgan fingerprint density at radius 1 is 1.30 bits per heavy atom. The number of likely N-dealkylation sites (tertiary alicyclic amines) is 1. The average molecular weight is 316 g/mol. The minimum Gasteiger partial charge on any atom is -0.454 e. The molecule has 5 heteroatoms. The number of nitrogens with zero attached hydrogens (tertiary/aromatic N) is 1. The van der Waals surface area contributed by atoms with Gasteiger partial charge >= 0.3 is 0 Å². The molecule has 5 nitrogen and oxygen atoms in total. The molecule has 0 spiro atoms. The quantitative estimate of drug-likeness (QED) is 0.848. The summed E-state index contributed by atoms with van der Waals surface area (Å²) in [6.07, 6.45) is 6.57. The van der Waals surface area contributed by atoms with Gasteiger partial charge in [-0.05, 0) is 57.0 Å². The van der Waals surface area contributed by atoms with Gasteiger partial charge in [-0.15, -0.1) is 0 Å². The standard InChI is InChI=1S/C18H24N2O3/c1-2-3-8-20-9-6-14(7-10-20)12-19-18(21)15-4-5-16-17(11-15)23-13-22-16/h2-5,11,14H,6-10,12-13H2,1H3,(H,19,21). The minimum absolute atomic E-state index is 0.0420. The highest BCUT2D eigenvalue weighted by atomic mass is 16.7. The molecule has 1 saturated heterocycles. The highest BCUT2D eigenvalue weighted by Crippen LogP contribution is 2.32. The summed E-state index contributed by atoms with van der Waals surface area (Å²) in [5, 5.41) is 3.05. The Morgan fingerprint density at radius 3 is 2.87 bits per heavy atom. The lowest BCUT2D eigenvalue weighted by molar-refractivity contribution is 0.0937. The van der Waals surface area contributed by atoms with E-state index >= 15 is 0 Å². The minimum atomic E-state index is -0.0420.